The fourth-order valence-corrected chi connectivity index (χ4v) is 3.70. The Hall–Kier alpha value is -3.87. The van der Waals surface area contributed by atoms with E-state index < -0.39 is 17.0 Å². The van der Waals surface area contributed by atoms with Crippen LogP contribution in [0.2, 0.25) is 0 Å². The van der Waals surface area contributed by atoms with Crippen LogP contribution in [0.25, 0.3) is 10.8 Å². The van der Waals surface area contributed by atoms with E-state index in [2.05, 4.69) is 5.32 Å². The molecule has 1 unspecified atom stereocenters. The molecule has 0 aliphatic carbocycles. The van der Waals surface area contributed by atoms with Gasteiger partial charge < -0.3 is 10.1 Å². The molecular weight excluding hydrogens is 382 g/mol. The molecule has 3 aromatic rings. The van der Waals surface area contributed by atoms with Gasteiger partial charge >= 0.3 is 6.03 Å². The van der Waals surface area contributed by atoms with Gasteiger partial charge in [0, 0.05) is 12.6 Å². The number of carbonyl (C=O) groups is 1. The summed E-state index contributed by atoms with van der Waals surface area (Å²) in [6, 6.07) is 19.6. The quantitative estimate of drug-likeness (QED) is 0.497. The molecule has 0 fully saturated rings. The maximum atomic E-state index is 12.5. The highest BCUT2D eigenvalue weighted by Gasteiger charge is 2.40. The first kappa shape index (κ1) is 19.4. The Balaban J connectivity index is 1.87. The van der Waals surface area contributed by atoms with Crippen molar-refractivity contribution in [3.63, 3.8) is 0 Å². The summed E-state index contributed by atoms with van der Waals surface area (Å²) in [5.41, 5.74) is 1.79. The number of allylic oxidation sites excluding steroid dienone is 1. The standard InChI is InChI=1S/C23H21N3O4/c1-15-22(26(28)29)21(24-23(27)25(15)2)20-18-11-7-6-10-17(18)12-13-19(20)30-14-16-8-4-3-5-9-16/h3-13,21H,14H2,1-2H3,(H,24,27). The Morgan fingerprint density at radius 3 is 2.50 bits per heavy atom. The molecule has 0 spiro atoms. The average Bonchev–Trinajstić information content (AvgIpc) is 2.75. The summed E-state index contributed by atoms with van der Waals surface area (Å²) in [4.78, 5) is 25.3. The molecule has 7 nitrogen and oxygen atoms in total. The third kappa shape index (κ3) is 3.45. The van der Waals surface area contributed by atoms with Crippen molar-refractivity contribution < 1.29 is 14.5 Å². The molecule has 1 aliphatic heterocycles. The van der Waals surface area contributed by atoms with E-state index in [-0.39, 0.29) is 5.70 Å². The summed E-state index contributed by atoms with van der Waals surface area (Å²) < 4.78 is 6.10. The average molecular weight is 403 g/mol. The van der Waals surface area contributed by atoms with E-state index in [9.17, 15) is 14.9 Å². The lowest BCUT2D eigenvalue weighted by Crippen LogP contribution is -2.46. The number of urea groups is 1. The summed E-state index contributed by atoms with van der Waals surface area (Å²) in [6.45, 7) is 1.89. The maximum absolute atomic E-state index is 12.5. The highest BCUT2D eigenvalue weighted by molar-refractivity contribution is 5.90. The van der Waals surface area contributed by atoms with E-state index >= 15 is 0 Å². The van der Waals surface area contributed by atoms with Gasteiger partial charge in [-0.3, -0.25) is 15.0 Å². The minimum absolute atomic E-state index is 0.0713. The van der Waals surface area contributed by atoms with Crippen molar-refractivity contribution in [3.05, 3.63) is 99.4 Å². The zero-order valence-corrected chi connectivity index (χ0v) is 16.7. The predicted octanol–water partition coefficient (Wildman–Crippen LogP) is 4.62. The molecular formula is C23H21N3O4. The number of hydrogen-bond acceptors (Lipinski definition) is 4. The van der Waals surface area contributed by atoms with Gasteiger partial charge in [-0.15, -0.1) is 0 Å². The second kappa shape index (κ2) is 7.87. The molecule has 0 bridgehead atoms. The number of carbonyl (C=O) groups excluding carboxylic acids is 1. The Morgan fingerprint density at radius 1 is 1.07 bits per heavy atom. The maximum Gasteiger partial charge on any atom is 0.322 e. The van der Waals surface area contributed by atoms with Crippen LogP contribution in [0.1, 0.15) is 24.1 Å². The van der Waals surface area contributed by atoms with Gasteiger partial charge in [-0.1, -0.05) is 60.7 Å². The Morgan fingerprint density at radius 2 is 1.77 bits per heavy atom. The van der Waals surface area contributed by atoms with Crippen LogP contribution >= 0.6 is 0 Å². The van der Waals surface area contributed by atoms with E-state index in [0.29, 0.717) is 23.6 Å². The summed E-state index contributed by atoms with van der Waals surface area (Å²) in [5.74, 6) is 0.500. The lowest BCUT2D eigenvalue weighted by atomic mass is 9.94. The van der Waals surface area contributed by atoms with Gasteiger partial charge in [-0.25, -0.2) is 4.79 Å². The smallest absolute Gasteiger partial charge is 0.322 e. The number of nitro groups is 1. The Kier molecular flexibility index (Phi) is 5.10. The van der Waals surface area contributed by atoms with Crippen LogP contribution in [-0.4, -0.2) is 22.9 Å². The zero-order chi connectivity index (χ0) is 21.3. The van der Waals surface area contributed by atoms with Crippen molar-refractivity contribution >= 4 is 16.8 Å². The van der Waals surface area contributed by atoms with Gasteiger partial charge in [0.1, 0.15) is 12.4 Å². The van der Waals surface area contributed by atoms with Crippen molar-refractivity contribution in [1.29, 1.82) is 0 Å². The van der Waals surface area contributed by atoms with Gasteiger partial charge in [-0.05, 0) is 29.3 Å². The first-order valence-corrected chi connectivity index (χ1v) is 9.55. The molecule has 1 atom stereocenters. The fraction of sp³-hybridized carbons (Fsp3) is 0.174. The summed E-state index contributed by atoms with van der Waals surface area (Å²) in [6.07, 6.45) is 0. The van der Waals surface area contributed by atoms with Crippen LogP contribution < -0.4 is 10.1 Å². The van der Waals surface area contributed by atoms with Gasteiger partial charge in [0.25, 0.3) is 5.70 Å². The van der Waals surface area contributed by atoms with Crippen molar-refractivity contribution in [1.82, 2.24) is 10.2 Å². The lowest BCUT2D eigenvalue weighted by Gasteiger charge is -2.30. The number of rotatable bonds is 5. The van der Waals surface area contributed by atoms with Gasteiger partial charge in [0.15, 0.2) is 6.04 Å². The summed E-state index contributed by atoms with van der Waals surface area (Å²) in [7, 11) is 1.51. The lowest BCUT2D eigenvalue weighted by molar-refractivity contribution is -0.433. The normalized spacial score (nSPS) is 16.5. The van der Waals surface area contributed by atoms with Crippen LogP contribution in [0.4, 0.5) is 4.79 Å². The van der Waals surface area contributed by atoms with Gasteiger partial charge in [-0.2, -0.15) is 0 Å². The SMILES string of the molecule is CC1=C([N+](=O)[O-])C(c2c(OCc3ccccc3)ccc3ccccc23)NC(=O)N1C. The molecule has 7 heteroatoms. The van der Waals surface area contributed by atoms with Crippen molar-refractivity contribution in [2.24, 2.45) is 0 Å². The Bertz CT molecular complexity index is 1160. The molecule has 0 aromatic heterocycles. The molecule has 30 heavy (non-hydrogen) atoms. The summed E-state index contributed by atoms with van der Waals surface area (Å²) >= 11 is 0. The van der Waals surface area contributed by atoms with E-state index in [4.69, 9.17) is 4.74 Å². The van der Waals surface area contributed by atoms with Crippen LogP contribution in [0.3, 0.4) is 0 Å². The third-order valence-electron chi connectivity index (χ3n) is 5.37. The topological polar surface area (TPSA) is 84.7 Å². The van der Waals surface area contributed by atoms with E-state index in [1.54, 1.807) is 13.0 Å². The number of hydrogen-bond donors (Lipinski definition) is 1. The number of amides is 2. The van der Waals surface area contributed by atoms with Gasteiger partial charge in [0.05, 0.1) is 10.6 Å². The third-order valence-corrected chi connectivity index (χ3v) is 5.37. The molecule has 1 aliphatic rings. The second-order valence-electron chi connectivity index (χ2n) is 7.14. The molecule has 152 valence electrons. The number of ether oxygens (including phenoxy) is 1. The minimum Gasteiger partial charge on any atom is -0.489 e. The van der Waals surface area contributed by atoms with Crippen LogP contribution in [0, 0.1) is 10.1 Å². The van der Waals surface area contributed by atoms with E-state index in [1.807, 2.05) is 60.7 Å². The highest BCUT2D eigenvalue weighted by atomic mass is 16.6. The first-order chi connectivity index (χ1) is 14.5. The zero-order valence-electron chi connectivity index (χ0n) is 16.7. The minimum atomic E-state index is -0.930. The van der Waals surface area contributed by atoms with Crippen molar-refractivity contribution in [2.45, 2.75) is 19.6 Å². The largest absolute Gasteiger partial charge is 0.489 e. The molecule has 2 amide bonds. The molecule has 1 heterocycles. The van der Waals surface area contributed by atoms with E-state index in [1.165, 1.54) is 11.9 Å². The number of benzene rings is 3. The number of nitrogens with zero attached hydrogens (tertiary/aromatic N) is 2. The van der Waals surface area contributed by atoms with Crippen LogP contribution in [-0.2, 0) is 6.61 Å². The molecule has 0 radical (unpaired) electrons. The van der Waals surface area contributed by atoms with Crippen molar-refractivity contribution in [3.8, 4) is 5.75 Å². The molecule has 0 saturated heterocycles. The first-order valence-electron chi connectivity index (χ1n) is 9.55. The van der Waals surface area contributed by atoms with E-state index in [0.717, 1.165) is 16.3 Å². The fourth-order valence-electron chi connectivity index (χ4n) is 3.70. The number of fused-ring (bicyclic) bond motifs is 1. The number of nitrogens with one attached hydrogen (secondary N) is 1. The predicted molar refractivity (Wildman–Crippen MR) is 113 cm³/mol. The van der Waals surface area contributed by atoms with Crippen molar-refractivity contribution in [2.75, 3.05) is 7.05 Å². The van der Waals surface area contributed by atoms with Gasteiger partial charge in [0.2, 0.25) is 0 Å². The highest BCUT2D eigenvalue weighted by Crippen LogP contribution is 2.39. The molecule has 3 aromatic carbocycles. The summed E-state index contributed by atoms with van der Waals surface area (Å²) in [5, 5.41) is 16.4. The molecule has 1 N–H and O–H groups in total. The van der Waals surface area contributed by atoms with Crippen LogP contribution in [0.15, 0.2) is 78.1 Å². The second-order valence-corrected chi connectivity index (χ2v) is 7.14. The Labute approximate surface area is 173 Å². The molecule has 4 rings (SSSR count). The monoisotopic (exact) mass is 403 g/mol. The van der Waals surface area contributed by atoms with Crippen LogP contribution in [0.5, 0.6) is 5.75 Å². The molecule has 0 saturated carbocycles.